The van der Waals surface area contributed by atoms with Gasteiger partial charge in [0.1, 0.15) is 23.6 Å². The number of aryl methyl sites for hydroxylation is 3. The molecular formula is C120H124N4O6S9. The van der Waals surface area contributed by atoms with Crippen LogP contribution in [0.5, 0.6) is 0 Å². The molecule has 0 spiro atoms. The average molecular weight is 2010 g/mol. The number of nitrogens with one attached hydrogen (secondary N) is 2. The summed E-state index contributed by atoms with van der Waals surface area (Å²) in [5, 5.41) is 0. The summed E-state index contributed by atoms with van der Waals surface area (Å²) in [7, 11) is 1.70. The number of methoxy groups -OCH3 is 1. The van der Waals surface area contributed by atoms with Gasteiger partial charge in [0.15, 0.2) is 20.5 Å². The Morgan fingerprint density at radius 1 is 0.367 bits per heavy atom. The van der Waals surface area contributed by atoms with Crippen molar-refractivity contribution in [2.24, 2.45) is 4.40 Å². The maximum absolute atomic E-state index is 13.1. The number of hydrogen-bond donors (Lipinski definition) is 2. The van der Waals surface area contributed by atoms with Gasteiger partial charge in [0.25, 0.3) is 0 Å². The number of carbonyl (C=O) groups is 2. The first-order chi connectivity index (χ1) is 65.2. The van der Waals surface area contributed by atoms with Crippen LogP contribution in [0.1, 0.15) is 203 Å². The van der Waals surface area contributed by atoms with E-state index in [1.807, 2.05) is 250 Å². The maximum Gasteiger partial charge on any atom is 0.325 e. The van der Waals surface area contributed by atoms with Crippen LogP contribution in [-0.4, -0.2) is 51.3 Å². The van der Waals surface area contributed by atoms with Crippen LogP contribution in [0.15, 0.2) is 419 Å². The summed E-state index contributed by atoms with van der Waals surface area (Å²) >= 11 is 6.89. The molecule has 0 aromatic heterocycles. The van der Waals surface area contributed by atoms with Crippen molar-refractivity contribution in [3.05, 3.63) is 498 Å². The lowest BCUT2D eigenvalue weighted by molar-refractivity contribution is -0.108. The molecule has 0 radical (unpaired) electrons. The SMILES string of the molecule is C.C.C.C.C.C.CC[C@@H](N[S+]([O-])c1ccc(C)cc1)C1c2ccccc2CSc2ccccc21.COC=C1c2ccccc2CSc2ccccc21.Cc1ccc([S+]([O-])N=CC2c3ccccc3CSc3ccccc32)cc1.O=C1c2ccccc2CSc2ccccc21.O=CC1c2ccccc2CSc2ccccc21.[C-]#[N+][C@@H](N[S+]([O-])c1ccc(C)cc1)C1c2ccccc2CSc2ccccc21. The number of nitrogens with zero attached hydrogens (tertiary/aromatic N) is 2. The number of benzene rings is 15. The highest BCUT2D eigenvalue weighted by molar-refractivity contribution is 8.00. The Morgan fingerprint density at radius 3 is 1.12 bits per heavy atom. The van der Waals surface area contributed by atoms with E-state index >= 15 is 0 Å². The third-order valence-corrected chi connectivity index (χ3v) is 34.1. The molecule has 9 atom stereocenters. The molecule has 15 aromatic rings. The number of hydrogen-bond acceptors (Lipinski definition) is 15. The third-order valence-electron chi connectivity index (χ3n) is 23.9. The summed E-state index contributed by atoms with van der Waals surface area (Å²) in [6.07, 6.45) is 5.05. The van der Waals surface area contributed by atoms with E-state index in [9.17, 15) is 23.2 Å². The molecule has 714 valence electrons. The van der Waals surface area contributed by atoms with Gasteiger partial charge in [-0.1, -0.05) is 362 Å². The first-order valence-electron chi connectivity index (χ1n) is 44.1. The minimum absolute atomic E-state index is 0. The van der Waals surface area contributed by atoms with Crippen LogP contribution in [0.4, 0.5) is 0 Å². The number of ether oxygens (including phenoxy) is 1. The van der Waals surface area contributed by atoms with Gasteiger partial charge in [0.05, 0.1) is 60.2 Å². The van der Waals surface area contributed by atoms with Gasteiger partial charge in [0, 0.05) is 86.5 Å². The zero-order valence-corrected chi connectivity index (χ0v) is 81.7. The summed E-state index contributed by atoms with van der Waals surface area (Å²) in [5.74, 6) is 5.68. The lowest BCUT2D eigenvalue weighted by Gasteiger charge is -2.29. The maximum atomic E-state index is 13.1. The second kappa shape index (κ2) is 54.3. The van der Waals surface area contributed by atoms with Gasteiger partial charge in [-0.25, -0.2) is 6.57 Å². The van der Waals surface area contributed by atoms with Crippen LogP contribution in [0.25, 0.3) is 10.4 Å². The van der Waals surface area contributed by atoms with Gasteiger partial charge in [-0.2, -0.15) is 0 Å². The molecule has 0 saturated carbocycles. The highest BCUT2D eigenvalue weighted by Crippen LogP contribution is 2.48. The molecule has 6 heterocycles. The number of ketones is 1. The Hall–Kier alpha value is -10.7. The van der Waals surface area contributed by atoms with Gasteiger partial charge in [-0.3, -0.25) is 9.64 Å². The molecule has 10 nitrogen and oxygen atoms in total. The van der Waals surface area contributed by atoms with Gasteiger partial charge >= 0.3 is 6.17 Å². The fraction of sp³-hybridized carbons (Fsp3) is 0.200. The van der Waals surface area contributed by atoms with E-state index in [4.69, 9.17) is 11.3 Å². The fourth-order valence-electron chi connectivity index (χ4n) is 17.0. The average Bonchev–Trinajstić information content (AvgIpc) is 1.68. The summed E-state index contributed by atoms with van der Waals surface area (Å²) in [4.78, 5) is 37.3. The molecule has 0 amide bonds. The Bertz CT molecular complexity index is 6360. The topological polar surface area (TPSA) is 153 Å². The van der Waals surface area contributed by atoms with Crippen LogP contribution in [0.2, 0.25) is 0 Å². The minimum Gasteiger partial charge on any atom is -0.593 e. The van der Waals surface area contributed by atoms with Crippen molar-refractivity contribution in [3.8, 4) is 0 Å². The number of fused-ring (bicyclic) bond motifs is 12. The molecule has 6 aliphatic rings. The molecule has 0 bridgehead atoms. The van der Waals surface area contributed by atoms with Crippen molar-refractivity contribution >= 4 is 129 Å². The summed E-state index contributed by atoms with van der Waals surface area (Å²) in [5.41, 5.74) is 26.2. The second-order valence-corrected chi connectivity index (χ2v) is 42.2. The number of aldehydes is 1. The fourth-order valence-corrected chi connectivity index (χ4v) is 26.4. The number of rotatable bonds is 14. The van der Waals surface area contributed by atoms with Crippen LogP contribution in [0.3, 0.4) is 0 Å². The largest absolute Gasteiger partial charge is 0.593 e. The predicted molar refractivity (Wildman–Crippen MR) is 598 cm³/mol. The molecule has 139 heavy (non-hydrogen) atoms. The van der Waals surface area contributed by atoms with Gasteiger partial charge < -0.3 is 23.2 Å². The van der Waals surface area contributed by atoms with Crippen molar-refractivity contribution in [1.29, 1.82) is 0 Å². The van der Waals surface area contributed by atoms with E-state index in [-0.39, 0.29) is 80.1 Å². The first-order valence-corrected chi connectivity index (χ1v) is 53.4. The van der Waals surface area contributed by atoms with Crippen molar-refractivity contribution in [2.45, 2.75) is 193 Å². The summed E-state index contributed by atoms with van der Waals surface area (Å²) in [6, 6.07) is 123. The quantitative estimate of drug-likeness (QED) is 0.0349. The van der Waals surface area contributed by atoms with E-state index in [2.05, 4.69) is 220 Å². The van der Waals surface area contributed by atoms with Crippen molar-refractivity contribution < 1.29 is 28.0 Å². The van der Waals surface area contributed by atoms with E-state index in [1.165, 1.54) is 96.8 Å². The van der Waals surface area contributed by atoms with Crippen molar-refractivity contribution in [2.75, 3.05) is 7.11 Å². The Kier molecular flexibility index (Phi) is 43.1. The predicted octanol–water partition coefficient (Wildman–Crippen LogP) is 31.9. The van der Waals surface area contributed by atoms with Crippen LogP contribution in [-0.2, 0) is 78.1 Å². The first kappa shape index (κ1) is 110. The molecule has 0 saturated heterocycles. The molecule has 7 unspecified atom stereocenters. The monoisotopic (exact) mass is 2000 g/mol. The minimum atomic E-state index is -1.45. The van der Waals surface area contributed by atoms with Crippen LogP contribution < -0.4 is 9.44 Å². The lowest BCUT2D eigenvalue weighted by atomic mass is 9.82. The van der Waals surface area contributed by atoms with Gasteiger partial charge in [-0.15, -0.1) is 75.3 Å². The van der Waals surface area contributed by atoms with E-state index in [0.29, 0.717) is 4.90 Å². The summed E-state index contributed by atoms with van der Waals surface area (Å²) < 4.78 is 54.9. The van der Waals surface area contributed by atoms with Crippen molar-refractivity contribution in [1.82, 2.24) is 9.44 Å². The zero-order chi connectivity index (χ0) is 91.9. The molecule has 2 N–H and O–H groups in total. The van der Waals surface area contributed by atoms with Crippen molar-refractivity contribution in [3.63, 3.8) is 0 Å². The summed E-state index contributed by atoms with van der Waals surface area (Å²) in [6.45, 7) is 16.1. The van der Waals surface area contributed by atoms with Crippen LogP contribution >= 0.6 is 70.6 Å². The van der Waals surface area contributed by atoms with Gasteiger partial charge in [0.2, 0.25) is 0 Å². The number of carbonyl (C=O) groups excluding carboxylic acids is 2. The van der Waals surface area contributed by atoms with Gasteiger partial charge in [-0.05, 0) is 195 Å². The van der Waals surface area contributed by atoms with Crippen LogP contribution in [0, 0.1) is 27.3 Å². The number of thioether (sulfide) groups is 6. The lowest BCUT2D eigenvalue weighted by Crippen LogP contribution is -2.39. The second-order valence-electron chi connectivity index (χ2n) is 32.4. The molecule has 6 aliphatic heterocycles. The molecule has 19 heteroatoms. The zero-order valence-electron chi connectivity index (χ0n) is 74.3. The van der Waals surface area contributed by atoms with E-state index in [1.54, 1.807) is 30.6 Å². The third kappa shape index (κ3) is 27.1. The standard InChI is InChI=1S/C24H25NOS2.C23H20N2OS2.C22H19NOS2.C16H14OS.C15H12OS.C14H10OS.6CH4/c1-3-22(25-28(26)19-14-12-17(2)13-15-19)24-20-9-5-4-8-18(20)16-27-23-11-7-6-10-21(23)24;1-16-11-13-18(14-12-16)28(26)25-23(24-2)22-19-8-4-3-7-17(19)15-27-21-10-6-5-9-20(21)22;1-16-10-12-18(13-11-16)26(24)23-14-21-19-7-3-2-6-17(19)15-25-22-9-5-4-8-20(21)22;1-17-10-15-13-7-3-2-6-12(13)11-18-16-9-5-4-8-14(15)16;16-9-14-12-6-2-1-5-11(12)10-17-15-8-4-3-7-13(14)15;15-14-11-6-2-1-5-10(11)9-16-13-8-4-3-7-12(13)14;;;;;;/h4-15,22,24-25H,3,16H2,1-2H3;3-14,22-23,25H,15H2,1H3;2-14,21H,15H2,1H3;2-10H,11H2,1H3;1-9,14H,10H2;1-8H,9H2;6*1H4/t22-,24?,28?;22?,23-,28?;;;;;;;;;;/m10........../s1. The molecular weight excluding hydrogens is 1880 g/mol. The van der Waals surface area contributed by atoms with E-state index < -0.39 is 40.3 Å². The highest BCUT2D eigenvalue weighted by atomic mass is 32.2. The Balaban J connectivity index is 0.000000173. The molecule has 21 rings (SSSR count). The smallest absolute Gasteiger partial charge is 0.325 e. The Morgan fingerprint density at radius 2 is 0.676 bits per heavy atom. The molecule has 0 aliphatic carbocycles. The normalized spacial score (nSPS) is 16.2. The molecule has 0 fully saturated rings. The molecule has 15 aromatic carbocycles. The highest BCUT2D eigenvalue weighted by Gasteiger charge is 2.39. The Labute approximate surface area is 861 Å². The van der Waals surface area contributed by atoms with E-state index in [0.717, 1.165) is 112 Å².